The first-order valence-corrected chi connectivity index (χ1v) is 9.01. The maximum absolute atomic E-state index is 13.0. The van der Waals surface area contributed by atoms with Crippen molar-refractivity contribution in [1.29, 1.82) is 0 Å². The zero-order valence-corrected chi connectivity index (χ0v) is 13.1. The summed E-state index contributed by atoms with van der Waals surface area (Å²) in [4.78, 5) is 2.98. The Hall–Kier alpha value is -0.870. The topological polar surface area (TPSA) is 37.4 Å². The van der Waals surface area contributed by atoms with Crippen LogP contribution in [0.25, 0.3) is 0 Å². The van der Waals surface area contributed by atoms with Gasteiger partial charge in [0.1, 0.15) is 0 Å². The molecule has 110 valence electrons. The van der Waals surface area contributed by atoms with Gasteiger partial charge in [0.05, 0.1) is 9.64 Å². The minimum atomic E-state index is -3.18. The first-order valence-electron chi connectivity index (χ1n) is 7.53. The van der Waals surface area contributed by atoms with E-state index in [-0.39, 0.29) is 0 Å². The van der Waals surface area contributed by atoms with Crippen LogP contribution >= 0.6 is 0 Å². The number of sulfone groups is 1. The number of likely N-dealkylation sites (tertiary alicyclic amines) is 1. The monoisotopic (exact) mass is 293 g/mol. The first kappa shape index (κ1) is 14.1. The largest absolute Gasteiger partial charge is 0.301 e. The smallest absolute Gasteiger partial charge is 0.184 e. The molecule has 20 heavy (non-hydrogen) atoms. The van der Waals surface area contributed by atoms with Crippen molar-refractivity contribution in [3.8, 4) is 0 Å². The Labute approximate surface area is 121 Å². The number of fused-ring (bicyclic) bond motifs is 1. The Morgan fingerprint density at radius 3 is 2.40 bits per heavy atom. The van der Waals surface area contributed by atoms with Crippen molar-refractivity contribution >= 4 is 9.84 Å². The molecule has 1 fully saturated rings. The van der Waals surface area contributed by atoms with Gasteiger partial charge >= 0.3 is 0 Å². The predicted octanol–water partition coefficient (Wildman–Crippen LogP) is 2.65. The fourth-order valence-corrected chi connectivity index (χ4v) is 6.00. The normalized spacial score (nSPS) is 24.8. The molecule has 0 aliphatic carbocycles. The third kappa shape index (κ3) is 2.01. The summed E-state index contributed by atoms with van der Waals surface area (Å²) >= 11 is 0. The molecule has 4 heteroatoms. The molecule has 0 aromatic heterocycles. The molecule has 3 nitrogen and oxygen atoms in total. The van der Waals surface area contributed by atoms with Crippen LogP contribution in [0, 0.1) is 0 Å². The van der Waals surface area contributed by atoms with Crippen LogP contribution in [0.2, 0.25) is 0 Å². The molecule has 0 amide bonds. The van der Waals surface area contributed by atoms with Gasteiger partial charge in [-0.05, 0) is 64.3 Å². The van der Waals surface area contributed by atoms with E-state index in [2.05, 4.69) is 18.7 Å². The van der Waals surface area contributed by atoms with Crippen LogP contribution < -0.4 is 0 Å². The third-order valence-electron chi connectivity index (χ3n) is 5.12. The molecule has 1 saturated heterocycles. The van der Waals surface area contributed by atoms with E-state index in [1.54, 1.807) is 6.07 Å². The number of piperidine rings is 1. The molecule has 1 spiro atoms. The van der Waals surface area contributed by atoms with Crippen molar-refractivity contribution in [2.75, 3.05) is 13.1 Å². The molecule has 0 unspecified atom stereocenters. The molecule has 0 N–H and O–H groups in total. The van der Waals surface area contributed by atoms with Crippen LogP contribution in [0.15, 0.2) is 29.2 Å². The Kier molecular flexibility index (Phi) is 3.41. The molecule has 0 saturated carbocycles. The predicted molar refractivity (Wildman–Crippen MR) is 80.6 cm³/mol. The summed E-state index contributed by atoms with van der Waals surface area (Å²) in [6, 6.07) is 8.04. The molecule has 0 atom stereocenters. The second kappa shape index (κ2) is 4.85. The molecule has 3 rings (SSSR count). The van der Waals surface area contributed by atoms with E-state index >= 15 is 0 Å². The minimum absolute atomic E-state index is 0.505. The molecule has 2 heterocycles. The summed E-state index contributed by atoms with van der Waals surface area (Å²) in [5, 5.41) is 0. The molecular weight excluding hydrogens is 270 g/mol. The Balaban J connectivity index is 1.94. The van der Waals surface area contributed by atoms with Gasteiger partial charge in [0, 0.05) is 6.04 Å². The lowest BCUT2D eigenvalue weighted by molar-refractivity contribution is 0.154. The molecule has 1 aromatic carbocycles. The van der Waals surface area contributed by atoms with Gasteiger partial charge in [0.2, 0.25) is 0 Å². The van der Waals surface area contributed by atoms with Crippen molar-refractivity contribution in [2.45, 2.75) is 55.2 Å². The number of hydrogen-bond acceptors (Lipinski definition) is 3. The summed E-state index contributed by atoms with van der Waals surface area (Å²) in [6.07, 6.45) is 3.25. The summed E-state index contributed by atoms with van der Waals surface area (Å²) < 4.78 is 25.6. The Morgan fingerprint density at radius 2 is 1.75 bits per heavy atom. The molecule has 2 aliphatic rings. The lowest BCUT2D eigenvalue weighted by atomic mass is 9.88. The highest BCUT2D eigenvalue weighted by atomic mass is 32.2. The second-order valence-corrected chi connectivity index (χ2v) is 8.74. The lowest BCUT2D eigenvalue weighted by Gasteiger charge is -2.44. The second-order valence-electron chi connectivity index (χ2n) is 6.42. The number of hydrogen-bond donors (Lipinski definition) is 0. The maximum atomic E-state index is 13.0. The van der Waals surface area contributed by atoms with E-state index in [0.717, 1.165) is 44.3 Å². The van der Waals surface area contributed by atoms with Gasteiger partial charge in [-0.3, -0.25) is 0 Å². The van der Waals surface area contributed by atoms with Crippen molar-refractivity contribution in [1.82, 2.24) is 4.90 Å². The van der Waals surface area contributed by atoms with Crippen LogP contribution in [-0.2, 0) is 16.3 Å². The van der Waals surface area contributed by atoms with Crippen molar-refractivity contribution < 1.29 is 8.42 Å². The molecule has 0 bridgehead atoms. The molecule has 2 aliphatic heterocycles. The van der Waals surface area contributed by atoms with E-state index in [9.17, 15) is 8.42 Å². The highest BCUT2D eigenvalue weighted by molar-refractivity contribution is 7.93. The third-order valence-corrected chi connectivity index (χ3v) is 7.85. The Morgan fingerprint density at radius 1 is 1.10 bits per heavy atom. The summed E-state index contributed by atoms with van der Waals surface area (Å²) in [5.74, 6) is 0. The number of rotatable bonds is 1. The van der Waals surface area contributed by atoms with E-state index in [0.29, 0.717) is 10.9 Å². The highest BCUT2D eigenvalue weighted by Crippen LogP contribution is 2.44. The standard InChI is InChI=1S/C16H23NO2S/c1-13(2)17-11-9-16(10-12-17)8-7-14-5-3-4-6-15(14)20(16,18)19/h3-6,13H,7-12H2,1-2H3. The zero-order valence-electron chi connectivity index (χ0n) is 12.3. The van der Waals surface area contributed by atoms with Gasteiger partial charge in [0.25, 0.3) is 0 Å². The van der Waals surface area contributed by atoms with Gasteiger partial charge in [-0.25, -0.2) is 8.42 Å². The van der Waals surface area contributed by atoms with E-state index in [1.165, 1.54) is 0 Å². The molecule has 1 aromatic rings. The summed E-state index contributed by atoms with van der Waals surface area (Å²) in [7, 11) is -3.18. The SMILES string of the molecule is CC(C)N1CCC2(CCc3ccccc3S2(=O)=O)CC1. The fraction of sp³-hybridized carbons (Fsp3) is 0.625. The van der Waals surface area contributed by atoms with Crippen LogP contribution in [0.1, 0.15) is 38.7 Å². The minimum Gasteiger partial charge on any atom is -0.301 e. The first-order chi connectivity index (χ1) is 9.46. The van der Waals surface area contributed by atoms with Gasteiger partial charge in [-0.2, -0.15) is 0 Å². The van der Waals surface area contributed by atoms with Crippen molar-refractivity contribution in [2.24, 2.45) is 0 Å². The zero-order chi connectivity index (χ0) is 14.4. The number of nitrogens with zero attached hydrogens (tertiary/aromatic N) is 1. The average molecular weight is 293 g/mol. The molecular formula is C16H23NO2S. The number of benzene rings is 1. The maximum Gasteiger partial charge on any atom is 0.184 e. The fourth-order valence-electron chi connectivity index (χ4n) is 3.67. The van der Waals surface area contributed by atoms with Crippen LogP contribution in [0.4, 0.5) is 0 Å². The summed E-state index contributed by atoms with van der Waals surface area (Å²) in [5.41, 5.74) is 1.00. The summed E-state index contributed by atoms with van der Waals surface area (Å²) in [6.45, 7) is 6.17. The highest BCUT2D eigenvalue weighted by Gasteiger charge is 2.49. The van der Waals surface area contributed by atoms with Gasteiger partial charge in [-0.15, -0.1) is 0 Å². The van der Waals surface area contributed by atoms with Gasteiger partial charge in [-0.1, -0.05) is 18.2 Å². The van der Waals surface area contributed by atoms with E-state index in [4.69, 9.17) is 0 Å². The van der Waals surface area contributed by atoms with Gasteiger partial charge < -0.3 is 4.90 Å². The van der Waals surface area contributed by atoms with Gasteiger partial charge in [0.15, 0.2) is 9.84 Å². The number of aryl methyl sites for hydroxylation is 1. The lowest BCUT2D eigenvalue weighted by Crippen LogP contribution is -2.52. The van der Waals surface area contributed by atoms with E-state index in [1.807, 2.05) is 18.2 Å². The van der Waals surface area contributed by atoms with Crippen molar-refractivity contribution in [3.05, 3.63) is 29.8 Å². The van der Waals surface area contributed by atoms with Crippen LogP contribution in [0.3, 0.4) is 0 Å². The average Bonchev–Trinajstić information content (AvgIpc) is 2.44. The van der Waals surface area contributed by atoms with Crippen LogP contribution in [0.5, 0.6) is 0 Å². The van der Waals surface area contributed by atoms with Crippen LogP contribution in [-0.4, -0.2) is 37.2 Å². The van der Waals surface area contributed by atoms with Crippen molar-refractivity contribution in [3.63, 3.8) is 0 Å². The van der Waals surface area contributed by atoms with E-state index < -0.39 is 14.6 Å². The quantitative estimate of drug-likeness (QED) is 0.799. The molecule has 0 radical (unpaired) electrons. The Bertz CT molecular complexity index is 599.